The van der Waals surface area contributed by atoms with Gasteiger partial charge in [-0.25, -0.2) is 8.78 Å². The molecule has 0 aromatic heterocycles. The molecule has 0 fully saturated rings. The van der Waals surface area contributed by atoms with Crippen LogP contribution in [0.3, 0.4) is 0 Å². The smallest absolute Gasteiger partial charge is 0.128 e. The van der Waals surface area contributed by atoms with Crippen LogP contribution in [0.2, 0.25) is 0 Å². The maximum atomic E-state index is 13.2. The average Bonchev–Trinajstić information content (AvgIpc) is 2.37. The minimum Gasteiger partial charge on any atom is -0.497 e. The monoisotopic (exact) mass is 277 g/mol. The maximum Gasteiger partial charge on any atom is 0.128 e. The first-order chi connectivity index (χ1) is 9.40. The van der Waals surface area contributed by atoms with Crippen LogP contribution in [-0.4, -0.2) is 7.11 Å². The molecule has 0 spiro atoms. The lowest BCUT2D eigenvalue weighted by Gasteiger charge is -2.28. The van der Waals surface area contributed by atoms with Gasteiger partial charge in [-0.15, -0.1) is 0 Å². The molecule has 106 valence electrons. The number of benzene rings is 2. The Kier molecular flexibility index (Phi) is 3.93. The summed E-state index contributed by atoms with van der Waals surface area (Å²) in [5.74, 6) is -0.433. The van der Waals surface area contributed by atoms with E-state index in [1.165, 1.54) is 12.1 Å². The van der Waals surface area contributed by atoms with Crippen molar-refractivity contribution in [3.8, 4) is 5.75 Å². The van der Waals surface area contributed by atoms with Gasteiger partial charge >= 0.3 is 0 Å². The second-order valence-electron chi connectivity index (χ2n) is 5.14. The van der Waals surface area contributed by atoms with Crippen LogP contribution >= 0.6 is 0 Å². The van der Waals surface area contributed by atoms with Gasteiger partial charge in [-0.3, -0.25) is 0 Å². The molecule has 1 N–H and O–H groups in total. The van der Waals surface area contributed by atoms with Crippen molar-refractivity contribution < 1.29 is 13.5 Å². The Morgan fingerprint density at radius 1 is 0.950 bits per heavy atom. The summed E-state index contributed by atoms with van der Waals surface area (Å²) >= 11 is 0. The van der Waals surface area contributed by atoms with E-state index >= 15 is 0 Å². The number of anilines is 1. The Labute approximate surface area is 117 Å². The zero-order chi connectivity index (χ0) is 14.8. The lowest BCUT2D eigenvalue weighted by atomic mass is 9.94. The first-order valence-corrected chi connectivity index (χ1v) is 6.29. The third-order valence-corrected chi connectivity index (χ3v) is 3.13. The van der Waals surface area contributed by atoms with Crippen LogP contribution < -0.4 is 10.1 Å². The minimum atomic E-state index is -0.599. The van der Waals surface area contributed by atoms with E-state index in [9.17, 15) is 8.78 Å². The predicted octanol–water partition coefficient (Wildman–Crippen LogP) is 4.32. The number of hydrogen-bond acceptors (Lipinski definition) is 2. The topological polar surface area (TPSA) is 21.3 Å². The van der Waals surface area contributed by atoms with E-state index in [0.717, 1.165) is 17.4 Å². The zero-order valence-electron chi connectivity index (χ0n) is 11.7. The first kappa shape index (κ1) is 14.3. The van der Waals surface area contributed by atoms with Crippen molar-refractivity contribution in [3.63, 3.8) is 0 Å². The molecule has 4 heteroatoms. The highest BCUT2D eigenvalue weighted by Gasteiger charge is 2.20. The van der Waals surface area contributed by atoms with E-state index in [-0.39, 0.29) is 0 Å². The predicted molar refractivity (Wildman–Crippen MR) is 76.0 cm³/mol. The molecule has 0 radical (unpaired) electrons. The first-order valence-electron chi connectivity index (χ1n) is 6.29. The van der Waals surface area contributed by atoms with Crippen molar-refractivity contribution in [3.05, 3.63) is 59.7 Å². The van der Waals surface area contributed by atoms with E-state index < -0.39 is 17.2 Å². The molecule has 2 aromatic carbocycles. The van der Waals surface area contributed by atoms with Crippen molar-refractivity contribution in [1.82, 2.24) is 0 Å². The van der Waals surface area contributed by atoms with Crippen LogP contribution in [0.4, 0.5) is 14.5 Å². The molecule has 2 nitrogen and oxygen atoms in total. The van der Waals surface area contributed by atoms with Gasteiger partial charge in [-0.1, -0.05) is 12.1 Å². The summed E-state index contributed by atoms with van der Waals surface area (Å²) in [4.78, 5) is 0. The average molecular weight is 277 g/mol. The van der Waals surface area contributed by atoms with Crippen molar-refractivity contribution in [2.45, 2.75) is 19.4 Å². The third kappa shape index (κ3) is 3.26. The molecule has 0 unspecified atom stereocenters. The SMILES string of the molecule is COc1ccc(C(C)(C)Nc2cc(F)cc(F)c2)cc1. The van der Waals surface area contributed by atoms with Gasteiger partial charge in [0.25, 0.3) is 0 Å². The molecular formula is C16H17F2NO. The second kappa shape index (κ2) is 5.49. The molecule has 0 aliphatic carbocycles. The fourth-order valence-electron chi connectivity index (χ4n) is 2.07. The normalized spacial score (nSPS) is 11.2. The van der Waals surface area contributed by atoms with Crippen LogP contribution in [-0.2, 0) is 5.54 Å². The largest absolute Gasteiger partial charge is 0.497 e. The van der Waals surface area contributed by atoms with Crippen LogP contribution in [0.25, 0.3) is 0 Å². The number of halogens is 2. The second-order valence-corrected chi connectivity index (χ2v) is 5.14. The Morgan fingerprint density at radius 2 is 1.50 bits per heavy atom. The lowest BCUT2D eigenvalue weighted by Crippen LogP contribution is -2.27. The summed E-state index contributed by atoms with van der Waals surface area (Å²) in [6.07, 6.45) is 0. The van der Waals surface area contributed by atoms with Gasteiger partial charge in [-0.05, 0) is 43.7 Å². The molecule has 0 aliphatic heterocycles. The quantitative estimate of drug-likeness (QED) is 0.898. The lowest BCUT2D eigenvalue weighted by molar-refractivity contribution is 0.414. The number of rotatable bonds is 4. The van der Waals surface area contributed by atoms with Crippen molar-refractivity contribution in [2.24, 2.45) is 0 Å². The van der Waals surface area contributed by atoms with Crippen molar-refractivity contribution in [2.75, 3.05) is 12.4 Å². The van der Waals surface area contributed by atoms with E-state index in [4.69, 9.17) is 4.74 Å². The van der Waals surface area contributed by atoms with Gasteiger partial charge in [0.1, 0.15) is 17.4 Å². The molecule has 0 atom stereocenters. The standard InChI is InChI=1S/C16H17F2NO/c1-16(2,11-4-6-15(20-3)7-5-11)19-14-9-12(17)8-13(18)10-14/h4-10,19H,1-3H3. The van der Waals surface area contributed by atoms with Crippen LogP contribution in [0.15, 0.2) is 42.5 Å². The summed E-state index contributed by atoms with van der Waals surface area (Å²) in [7, 11) is 1.61. The van der Waals surface area contributed by atoms with Gasteiger partial charge < -0.3 is 10.1 Å². The van der Waals surface area contributed by atoms with Crippen LogP contribution in [0.1, 0.15) is 19.4 Å². The Hall–Kier alpha value is -2.10. The van der Waals surface area contributed by atoms with E-state index in [2.05, 4.69) is 5.32 Å². The van der Waals surface area contributed by atoms with E-state index in [0.29, 0.717) is 5.69 Å². The molecule has 2 aromatic rings. The number of hydrogen-bond donors (Lipinski definition) is 1. The van der Waals surface area contributed by atoms with E-state index in [1.54, 1.807) is 7.11 Å². The Bertz CT molecular complexity index is 574. The van der Waals surface area contributed by atoms with Gasteiger partial charge in [-0.2, -0.15) is 0 Å². The van der Waals surface area contributed by atoms with E-state index in [1.807, 2.05) is 38.1 Å². The summed E-state index contributed by atoms with van der Waals surface area (Å²) in [6.45, 7) is 3.88. The van der Waals surface area contributed by atoms with Gasteiger partial charge in [0, 0.05) is 11.8 Å². The van der Waals surface area contributed by atoms with Crippen LogP contribution in [0, 0.1) is 11.6 Å². The molecular weight excluding hydrogens is 260 g/mol. The highest BCUT2D eigenvalue weighted by atomic mass is 19.1. The fourth-order valence-corrected chi connectivity index (χ4v) is 2.07. The summed E-state index contributed by atoms with van der Waals surface area (Å²) in [5, 5.41) is 3.13. The number of ether oxygens (including phenoxy) is 1. The van der Waals surface area contributed by atoms with Gasteiger partial charge in [0.05, 0.1) is 12.6 Å². The van der Waals surface area contributed by atoms with Crippen molar-refractivity contribution in [1.29, 1.82) is 0 Å². The molecule has 0 bridgehead atoms. The summed E-state index contributed by atoms with van der Waals surface area (Å²) < 4.78 is 31.5. The molecule has 0 heterocycles. The summed E-state index contributed by atoms with van der Waals surface area (Å²) in [5.41, 5.74) is 0.929. The van der Waals surface area contributed by atoms with Crippen LogP contribution in [0.5, 0.6) is 5.75 Å². The number of methoxy groups -OCH3 is 1. The zero-order valence-corrected chi connectivity index (χ0v) is 11.7. The number of nitrogens with one attached hydrogen (secondary N) is 1. The summed E-state index contributed by atoms with van der Waals surface area (Å²) in [6, 6.07) is 10.9. The molecule has 0 saturated carbocycles. The molecule has 0 saturated heterocycles. The van der Waals surface area contributed by atoms with Gasteiger partial charge in [0.2, 0.25) is 0 Å². The molecule has 0 aliphatic rings. The minimum absolute atomic E-state index is 0.406. The van der Waals surface area contributed by atoms with Gasteiger partial charge in [0.15, 0.2) is 0 Å². The molecule has 20 heavy (non-hydrogen) atoms. The van der Waals surface area contributed by atoms with Crippen molar-refractivity contribution >= 4 is 5.69 Å². The Balaban J connectivity index is 2.24. The fraction of sp³-hybridized carbons (Fsp3) is 0.250. The molecule has 2 rings (SSSR count). The maximum absolute atomic E-state index is 13.2. The third-order valence-electron chi connectivity index (χ3n) is 3.13. The molecule has 0 amide bonds. The Morgan fingerprint density at radius 3 is 2.00 bits per heavy atom. The highest BCUT2D eigenvalue weighted by Crippen LogP contribution is 2.27. The highest BCUT2D eigenvalue weighted by molar-refractivity contribution is 5.48.